The molecule has 1 aromatic rings. The molecule has 1 fully saturated rings. The first-order chi connectivity index (χ1) is 11.5. The van der Waals surface area contributed by atoms with E-state index in [1.165, 1.54) is 0 Å². The van der Waals surface area contributed by atoms with E-state index in [4.69, 9.17) is 4.42 Å². The highest BCUT2D eigenvalue weighted by atomic mass is 16.3. The second kappa shape index (κ2) is 6.93. The lowest BCUT2D eigenvalue weighted by molar-refractivity contribution is -0.131. The number of likely N-dealkylation sites (tertiary alicyclic amines) is 1. The highest BCUT2D eigenvalue weighted by Gasteiger charge is 2.36. The zero-order valence-corrected chi connectivity index (χ0v) is 15.5. The summed E-state index contributed by atoms with van der Waals surface area (Å²) in [7, 11) is 0. The van der Waals surface area contributed by atoms with Gasteiger partial charge in [-0.15, -0.1) is 0 Å². The Balaban J connectivity index is 1.90. The Morgan fingerprint density at radius 2 is 2.04 bits per heavy atom. The van der Waals surface area contributed by atoms with Gasteiger partial charge < -0.3 is 19.7 Å². The van der Waals surface area contributed by atoms with Crippen molar-refractivity contribution in [2.75, 3.05) is 13.1 Å². The summed E-state index contributed by atoms with van der Waals surface area (Å²) in [6.07, 6.45) is 0.442. The fraction of sp³-hybridized carbons (Fsp3) is 0.579. The number of nitrogens with zero attached hydrogens (tertiary/aromatic N) is 1. The van der Waals surface area contributed by atoms with E-state index in [1.54, 1.807) is 26.0 Å². The van der Waals surface area contributed by atoms with Crippen LogP contribution in [0.5, 0.6) is 0 Å². The van der Waals surface area contributed by atoms with Crippen molar-refractivity contribution in [3.63, 3.8) is 0 Å². The molecule has 1 aromatic heterocycles. The van der Waals surface area contributed by atoms with Crippen LogP contribution in [0.2, 0.25) is 0 Å². The van der Waals surface area contributed by atoms with Crippen molar-refractivity contribution in [2.24, 2.45) is 5.92 Å². The highest BCUT2D eigenvalue weighted by molar-refractivity contribution is 5.91. The van der Waals surface area contributed by atoms with Gasteiger partial charge in [-0.1, -0.05) is 5.92 Å². The fourth-order valence-corrected chi connectivity index (χ4v) is 2.63. The second-order valence-corrected chi connectivity index (χ2v) is 7.93. The molecule has 136 valence electrons. The molecule has 2 amide bonds. The van der Waals surface area contributed by atoms with E-state index in [1.807, 2.05) is 25.7 Å². The van der Waals surface area contributed by atoms with Crippen LogP contribution in [0.4, 0.5) is 0 Å². The number of carbonyl (C=O) groups is 2. The van der Waals surface area contributed by atoms with Crippen LogP contribution < -0.4 is 5.32 Å². The van der Waals surface area contributed by atoms with Crippen LogP contribution >= 0.6 is 0 Å². The normalized spacial score (nSPS) is 18.1. The largest absolute Gasteiger partial charge is 0.443 e. The Bertz CT molecular complexity index is 710. The lowest BCUT2D eigenvalue weighted by atomic mass is 10.1. The summed E-state index contributed by atoms with van der Waals surface area (Å²) in [4.78, 5) is 26.1. The van der Waals surface area contributed by atoms with Crippen molar-refractivity contribution in [1.82, 2.24) is 10.2 Å². The molecule has 0 aliphatic carbocycles. The van der Waals surface area contributed by atoms with E-state index >= 15 is 0 Å². The summed E-state index contributed by atoms with van der Waals surface area (Å²) in [5, 5.41) is 12.4. The van der Waals surface area contributed by atoms with E-state index in [-0.39, 0.29) is 29.0 Å². The molecule has 6 heteroatoms. The maximum atomic E-state index is 12.2. The third-order valence-electron chi connectivity index (χ3n) is 3.89. The number of nitrogens with one attached hydrogen (secondary N) is 1. The molecule has 0 aromatic carbocycles. The number of aliphatic hydroxyl groups is 1. The van der Waals surface area contributed by atoms with E-state index in [9.17, 15) is 14.7 Å². The van der Waals surface area contributed by atoms with Crippen molar-refractivity contribution in [1.29, 1.82) is 0 Å². The monoisotopic (exact) mass is 346 g/mol. The molecule has 0 bridgehead atoms. The fourth-order valence-electron chi connectivity index (χ4n) is 2.63. The van der Waals surface area contributed by atoms with Crippen LogP contribution in [0.1, 0.15) is 57.4 Å². The molecule has 0 saturated carbocycles. The third-order valence-corrected chi connectivity index (χ3v) is 3.89. The lowest BCUT2D eigenvalue weighted by Crippen LogP contribution is -2.42. The molecule has 2 N–H and O–H groups in total. The van der Waals surface area contributed by atoms with Gasteiger partial charge in [-0.05, 0) is 52.7 Å². The number of rotatable bonds is 3. The zero-order valence-electron chi connectivity index (χ0n) is 15.5. The molecule has 1 aliphatic rings. The van der Waals surface area contributed by atoms with E-state index in [0.717, 1.165) is 0 Å². The van der Waals surface area contributed by atoms with Crippen LogP contribution in [0.15, 0.2) is 16.5 Å². The van der Waals surface area contributed by atoms with Gasteiger partial charge in [-0.25, -0.2) is 0 Å². The van der Waals surface area contributed by atoms with E-state index in [2.05, 4.69) is 17.2 Å². The summed E-state index contributed by atoms with van der Waals surface area (Å²) in [6.45, 7) is 10.2. The average Bonchev–Trinajstić information content (AvgIpc) is 3.08. The molecule has 1 saturated heterocycles. The highest BCUT2D eigenvalue weighted by Crippen LogP contribution is 2.25. The first kappa shape index (κ1) is 19.1. The van der Waals surface area contributed by atoms with Crippen LogP contribution in [-0.2, 0) is 4.79 Å². The molecular formula is C19H26N2O4. The molecular weight excluding hydrogens is 320 g/mol. The summed E-state index contributed by atoms with van der Waals surface area (Å²) in [6, 6.07) is 3.14. The molecule has 1 atom stereocenters. The topological polar surface area (TPSA) is 82.8 Å². The number of amides is 2. The maximum Gasteiger partial charge on any atom is 0.287 e. The molecule has 0 radical (unpaired) electrons. The van der Waals surface area contributed by atoms with Crippen LogP contribution in [-0.4, -0.2) is 46.1 Å². The standard InChI is InChI=1S/C19H26N2O4/c1-18(2,3)21-12-13(10-16(21)22)11-20-17(23)15-7-6-14(25-15)8-9-19(4,5)24/h6-7,13,24H,10-12H2,1-5H3,(H,20,23)/t13-/m1/s1. The number of hydrogen-bond donors (Lipinski definition) is 2. The Morgan fingerprint density at radius 1 is 1.36 bits per heavy atom. The molecule has 2 rings (SSSR count). The predicted octanol–water partition coefficient (Wildman–Crippen LogP) is 1.78. The van der Waals surface area contributed by atoms with Gasteiger partial charge in [0.25, 0.3) is 5.91 Å². The van der Waals surface area contributed by atoms with Crippen LogP contribution in [0.25, 0.3) is 0 Å². The van der Waals surface area contributed by atoms with E-state index < -0.39 is 5.60 Å². The summed E-state index contributed by atoms with van der Waals surface area (Å²) < 4.78 is 5.38. The average molecular weight is 346 g/mol. The molecule has 6 nitrogen and oxygen atoms in total. The molecule has 1 aliphatic heterocycles. The SMILES string of the molecule is CC(C)(O)C#Cc1ccc(C(=O)NC[C@H]2CC(=O)N(C(C)(C)C)C2)o1. The van der Waals surface area contributed by atoms with Crippen LogP contribution in [0, 0.1) is 17.8 Å². The Kier molecular flexibility index (Phi) is 5.28. The minimum atomic E-state index is -1.12. The van der Waals surface area contributed by atoms with Crippen molar-refractivity contribution in [3.05, 3.63) is 23.7 Å². The minimum Gasteiger partial charge on any atom is -0.443 e. The van der Waals surface area contributed by atoms with Gasteiger partial charge >= 0.3 is 0 Å². The van der Waals surface area contributed by atoms with Gasteiger partial charge in [0.15, 0.2) is 11.5 Å². The Morgan fingerprint density at radius 3 is 2.60 bits per heavy atom. The molecule has 2 heterocycles. The van der Waals surface area contributed by atoms with E-state index in [0.29, 0.717) is 25.3 Å². The number of furan rings is 1. The van der Waals surface area contributed by atoms with Gasteiger partial charge in [0.2, 0.25) is 5.91 Å². The van der Waals surface area contributed by atoms with Gasteiger partial charge in [0.1, 0.15) is 5.60 Å². The first-order valence-electron chi connectivity index (χ1n) is 8.40. The quantitative estimate of drug-likeness (QED) is 0.817. The molecule has 0 unspecified atom stereocenters. The summed E-state index contributed by atoms with van der Waals surface area (Å²) >= 11 is 0. The zero-order chi connectivity index (χ0) is 18.8. The third kappa shape index (κ3) is 5.36. The van der Waals surface area contributed by atoms with Gasteiger partial charge in [0.05, 0.1) is 0 Å². The minimum absolute atomic E-state index is 0.0973. The number of carbonyl (C=O) groups excluding carboxylic acids is 2. The summed E-state index contributed by atoms with van der Waals surface area (Å²) in [5.41, 5.74) is -1.33. The van der Waals surface area contributed by atoms with Gasteiger partial charge in [-0.2, -0.15) is 0 Å². The predicted molar refractivity (Wildman–Crippen MR) is 93.8 cm³/mol. The lowest BCUT2D eigenvalue weighted by Gasteiger charge is -2.32. The molecule has 0 spiro atoms. The van der Waals surface area contributed by atoms with Crippen molar-refractivity contribution >= 4 is 11.8 Å². The number of hydrogen-bond acceptors (Lipinski definition) is 4. The second-order valence-electron chi connectivity index (χ2n) is 7.93. The Hall–Kier alpha value is -2.26. The van der Waals surface area contributed by atoms with Crippen molar-refractivity contribution in [2.45, 2.75) is 52.2 Å². The van der Waals surface area contributed by atoms with Gasteiger partial charge in [0, 0.05) is 31.0 Å². The smallest absolute Gasteiger partial charge is 0.287 e. The summed E-state index contributed by atoms with van der Waals surface area (Å²) in [5.74, 6) is 5.68. The van der Waals surface area contributed by atoms with Crippen molar-refractivity contribution < 1.29 is 19.1 Å². The Labute approximate surface area is 148 Å². The van der Waals surface area contributed by atoms with Crippen LogP contribution in [0.3, 0.4) is 0 Å². The van der Waals surface area contributed by atoms with Crippen molar-refractivity contribution in [3.8, 4) is 11.8 Å². The molecule has 25 heavy (non-hydrogen) atoms. The maximum absolute atomic E-state index is 12.2. The first-order valence-corrected chi connectivity index (χ1v) is 8.40. The van der Waals surface area contributed by atoms with Gasteiger partial charge in [-0.3, -0.25) is 9.59 Å².